The SMILES string of the molecule is CC1(C)CCCC1NC(=O)NC1CCCC1. The highest BCUT2D eigenvalue weighted by atomic mass is 16.2. The number of carbonyl (C=O) groups is 1. The molecule has 0 spiro atoms. The van der Waals surface area contributed by atoms with E-state index in [2.05, 4.69) is 24.5 Å². The maximum atomic E-state index is 11.8. The van der Waals surface area contributed by atoms with Crippen LogP contribution in [0.25, 0.3) is 0 Å². The molecule has 0 aromatic rings. The Labute approximate surface area is 98.4 Å². The largest absolute Gasteiger partial charge is 0.335 e. The standard InChI is InChI=1S/C13H24N2O/c1-13(2)9-5-8-11(13)15-12(16)14-10-6-3-4-7-10/h10-11H,3-9H2,1-2H3,(H2,14,15,16). The molecule has 0 aliphatic heterocycles. The fourth-order valence-electron chi connectivity index (χ4n) is 3.05. The Bertz CT molecular complexity index is 257. The molecule has 3 nitrogen and oxygen atoms in total. The normalized spacial score (nSPS) is 29.2. The molecular weight excluding hydrogens is 200 g/mol. The number of urea groups is 1. The third-order valence-corrected chi connectivity index (χ3v) is 4.25. The molecule has 3 heteroatoms. The molecule has 92 valence electrons. The summed E-state index contributed by atoms with van der Waals surface area (Å²) in [5, 5.41) is 6.24. The Morgan fingerprint density at radius 3 is 2.31 bits per heavy atom. The Kier molecular flexibility index (Phi) is 3.41. The van der Waals surface area contributed by atoms with Crippen LogP contribution in [0.15, 0.2) is 0 Å². The van der Waals surface area contributed by atoms with Crippen molar-refractivity contribution < 1.29 is 4.79 Å². The Morgan fingerprint density at radius 2 is 1.75 bits per heavy atom. The van der Waals surface area contributed by atoms with Crippen molar-refractivity contribution in [2.75, 3.05) is 0 Å². The zero-order valence-corrected chi connectivity index (χ0v) is 10.5. The summed E-state index contributed by atoms with van der Waals surface area (Å²) in [7, 11) is 0. The van der Waals surface area contributed by atoms with Gasteiger partial charge in [0.1, 0.15) is 0 Å². The molecule has 0 bridgehead atoms. The van der Waals surface area contributed by atoms with Gasteiger partial charge >= 0.3 is 6.03 Å². The van der Waals surface area contributed by atoms with E-state index < -0.39 is 0 Å². The quantitative estimate of drug-likeness (QED) is 0.744. The minimum atomic E-state index is 0.0480. The summed E-state index contributed by atoms with van der Waals surface area (Å²) in [6, 6.07) is 0.824. The van der Waals surface area contributed by atoms with Crippen molar-refractivity contribution in [1.82, 2.24) is 10.6 Å². The van der Waals surface area contributed by atoms with Crippen LogP contribution in [-0.2, 0) is 0 Å². The van der Waals surface area contributed by atoms with Crippen molar-refractivity contribution >= 4 is 6.03 Å². The molecule has 0 radical (unpaired) electrons. The lowest BCUT2D eigenvalue weighted by molar-refractivity contribution is 0.219. The fourth-order valence-corrected chi connectivity index (χ4v) is 3.05. The fraction of sp³-hybridized carbons (Fsp3) is 0.923. The van der Waals surface area contributed by atoms with Gasteiger partial charge in [-0.2, -0.15) is 0 Å². The maximum absolute atomic E-state index is 11.8. The van der Waals surface area contributed by atoms with Crippen LogP contribution >= 0.6 is 0 Å². The third-order valence-electron chi connectivity index (χ3n) is 4.25. The van der Waals surface area contributed by atoms with Gasteiger partial charge in [0.2, 0.25) is 0 Å². The number of carbonyl (C=O) groups excluding carboxylic acids is 1. The predicted molar refractivity (Wildman–Crippen MR) is 65.3 cm³/mol. The van der Waals surface area contributed by atoms with Gasteiger partial charge in [0.05, 0.1) is 0 Å². The van der Waals surface area contributed by atoms with Crippen molar-refractivity contribution in [3.05, 3.63) is 0 Å². The first-order valence-electron chi connectivity index (χ1n) is 6.65. The third kappa shape index (κ3) is 2.69. The number of rotatable bonds is 2. The molecule has 0 aromatic carbocycles. The van der Waals surface area contributed by atoms with E-state index in [1.807, 2.05) is 0 Å². The Balaban J connectivity index is 1.78. The van der Waals surface area contributed by atoms with E-state index in [0.717, 1.165) is 19.3 Å². The summed E-state index contributed by atoms with van der Waals surface area (Å²) in [6.07, 6.45) is 8.43. The van der Waals surface area contributed by atoms with Gasteiger partial charge in [-0.3, -0.25) is 0 Å². The lowest BCUT2D eigenvalue weighted by atomic mass is 9.87. The van der Waals surface area contributed by atoms with E-state index in [1.165, 1.54) is 25.7 Å². The van der Waals surface area contributed by atoms with Crippen LogP contribution in [0, 0.1) is 5.41 Å². The van der Waals surface area contributed by atoms with Crippen LogP contribution in [-0.4, -0.2) is 18.1 Å². The van der Waals surface area contributed by atoms with Crippen molar-refractivity contribution in [3.63, 3.8) is 0 Å². The summed E-state index contributed by atoms with van der Waals surface area (Å²) >= 11 is 0. The molecule has 0 aromatic heterocycles. The Morgan fingerprint density at radius 1 is 1.06 bits per heavy atom. The van der Waals surface area contributed by atoms with Crippen molar-refractivity contribution in [2.24, 2.45) is 5.41 Å². The lowest BCUT2D eigenvalue weighted by Gasteiger charge is -2.28. The molecule has 0 saturated heterocycles. The van der Waals surface area contributed by atoms with Crippen LogP contribution in [0.1, 0.15) is 58.8 Å². The zero-order chi connectivity index (χ0) is 11.6. The summed E-state index contributed by atoms with van der Waals surface area (Å²) in [4.78, 5) is 11.8. The van der Waals surface area contributed by atoms with Crippen molar-refractivity contribution in [3.8, 4) is 0 Å². The summed E-state index contributed by atoms with van der Waals surface area (Å²) in [5.74, 6) is 0. The molecule has 2 saturated carbocycles. The lowest BCUT2D eigenvalue weighted by Crippen LogP contribution is -2.48. The molecule has 2 rings (SSSR count). The predicted octanol–water partition coefficient (Wildman–Crippen LogP) is 2.81. The van der Waals surface area contributed by atoms with Gasteiger partial charge < -0.3 is 10.6 Å². The molecule has 2 aliphatic carbocycles. The molecule has 2 N–H and O–H groups in total. The highest BCUT2D eigenvalue weighted by molar-refractivity contribution is 5.74. The monoisotopic (exact) mass is 224 g/mol. The maximum Gasteiger partial charge on any atom is 0.315 e. The molecule has 2 amide bonds. The van der Waals surface area contributed by atoms with E-state index in [0.29, 0.717) is 12.1 Å². The second-order valence-corrected chi connectivity index (χ2v) is 6.03. The number of amides is 2. The average molecular weight is 224 g/mol. The summed E-state index contributed by atoms with van der Waals surface area (Å²) < 4.78 is 0. The second-order valence-electron chi connectivity index (χ2n) is 6.03. The number of hydrogen-bond donors (Lipinski definition) is 2. The van der Waals surface area contributed by atoms with Gasteiger partial charge in [0.15, 0.2) is 0 Å². The van der Waals surface area contributed by atoms with Crippen LogP contribution in [0.5, 0.6) is 0 Å². The summed E-state index contributed by atoms with van der Waals surface area (Å²) in [5.41, 5.74) is 0.271. The highest BCUT2D eigenvalue weighted by Gasteiger charge is 2.35. The van der Waals surface area contributed by atoms with Crippen molar-refractivity contribution in [1.29, 1.82) is 0 Å². The van der Waals surface area contributed by atoms with Crippen molar-refractivity contribution in [2.45, 2.75) is 70.9 Å². The molecule has 1 unspecified atom stereocenters. The molecule has 2 fully saturated rings. The number of nitrogens with one attached hydrogen (secondary N) is 2. The van der Waals surface area contributed by atoms with Gasteiger partial charge in [-0.1, -0.05) is 33.1 Å². The molecular formula is C13H24N2O. The first-order valence-corrected chi connectivity index (χ1v) is 6.65. The topological polar surface area (TPSA) is 41.1 Å². The zero-order valence-electron chi connectivity index (χ0n) is 10.5. The van der Waals surface area contributed by atoms with E-state index in [4.69, 9.17) is 0 Å². The van der Waals surface area contributed by atoms with Gasteiger partial charge in [0, 0.05) is 12.1 Å². The van der Waals surface area contributed by atoms with Crippen LogP contribution in [0.3, 0.4) is 0 Å². The average Bonchev–Trinajstić information content (AvgIpc) is 2.78. The van der Waals surface area contributed by atoms with E-state index in [9.17, 15) is 4.79 Å². The molecule has 16 heavy (non-hydrogen) atoms. The first kappa shape index (κ1) is 11.7. The van der Waals surface area contributed by atoms with Crippen LogP contribution in [0.4, 0.5) is 4.79 Å². The smallest absolute Gasteiger partial charge is 0.315 e. The van der Waals surface area contributed by atoms with Gasteiger partial charge in [-0.25, -0.2) is 4.79 Å². The molecule has 2 aliphatic rings. The molecule has 1 atom stereocenters. The van der Waals surface area contributed by atoms with E-state index in [-0.39, 0.29) is 11.4 Å². The second kappa shape index (κ2) is 4.64. The van der Waals surface area contributed by atoms with Crippen LogP contribution < -0.4 is 10.6 Å². The van der Waals surface area contributed by atoms with E-state index in [1.54, 1.807) is 0 Å². The first-order chi connectivity index (χ1) is 7.58. The minimum Gasteiger partial charge on any atom is -0.335 e. The van der Waals surface area contributed by atoms with Gasteiger partial charge in [-0.15, -0.1) is 0 Å². The van der Waals surface area contributed by atoms with Gasteiger partial charge in [-0.05, 0) is 31.1 Å². The minimum absolute atomic E-state index is 0.0480. The summed E-state index contributed by atoms with van der Waals surface area (Å²) in [6.45, 7) is 4.50. The number of hydrogen-bond acceptors (Lipinski definition) is 1. The van der Waals surface area contributed by atoms with Gasteiger partial charge in [0.25, 0.3) is 0 Å². The Hall–Kier alpha value is -0.730. The highest BCUT2D eigenvalue weighted by Crippen LogP contribution is 2.37. The van der Waals surface area contributed by atoms with E-state index >= 15 is 0 Å². The molecule has 0 heterocycles. The van der Waals surface area contributed by atoms with Crippen LogP contribution in [0.2, 0.25) is 0 Å².